The van der Waals surface area contributed by atoms with Gasteiger partial charge in [-0.2, -0.15) is 0 Å². The average molecular weight is 308 g/mol. The normalized spacial score (nSPS) is 29.6. The van der Waals surface area contributed by atoms with Gasteiger partial charge in [-0.05, 0) is 44.4 Å². The van der Waals surface area contributed by atoms with Gasteiger partial charge in [-0.3, -0.25) is 19.1 Å². The first kappa shape index (κ1) is 13.5. The first-order chi connectivity index (χ1) is 11.1. The van der Waals surface area contributed by atoms with E-state index in [2.05, 4.69) is 11.0 Å². The van der Waals surface area contributed by atoms with Crippen LogP contribution in [-0.2, 0) is 11.2 Å². The molecule has 0 amide bonds. The number of nitrogens with zero attached hydrogens (tertiary/aromatic N) is 2. The molecule has 1 fully saturated rings. The molecule has 0 radical (unpaired) electrons. The highest BCUT2D eigenvalue weighted by Gasteiger charge is 2.56. The lowest BCUT2D eigenvalue weighted by Gasteiger charge is -2.53. The average Bonchev–Trinajstić information content (AvgIpc) is 2.89. The number of piperidine rings is 1. The van der Waals surface area contributed by atoms with E-state index in [1.807, 2.05) is 22.8 Å². The predicted molar refractivity (Wildman–Crippen MR) is 87.5 cm³/mol. The van der Waals surface area contributed by atoms with Crippen LogP contribution in [0.15, 0.2) is 24.3 Å². The Kier molecular flexibility index (Phi) is 2.54. The first-order valence-electron chi connectivity index (χ1n) is 8.54. The summed E-state index contributed by atoms with van der Waals surface area (Å²) >= 11 is 0. The van der Waals surface area contributed by atoms with Crippen molar-refractivity contribution in [3.8, 4) is 0 Å². The zero-order valence-corrected chi connectivity index (χ0v) is 13.3. The number of rotatable bonds is 1. The van der Waals surface area contributed by atoms with Crippen molar-refractivity contribution in [2.45, 2.75) is 38.6 Å². The van der Waals surface area contributed by atoms with Gasteiger partial charge in [0.15, 0.2) is 0 Å². The van der Waals surface area contributed by atoms with Gasteiger partial charge in [0.05, 0.1) is 17.0 Å². The highest BCUT2D eigenvalue weighted by Crippen LogP contribution is 2.55. The summed E-state index contributed by atoms with van der Waals surface area (Å²) in [5, 5.41) is 1.19. The van der Waals surface area contributed by atoms with E-state index in [9.17, 15) is 9.59 Å². The Labute approximate surface area is 135 Å². The van der Waals surface area contributed by atoms with E-state index >= 15 is 0 Å². The van der Waals surface area contributed by atoms with Gasteiger partial charge in [0, 0.05) is 24.0 Å². The molecule has 23 heavy (non-hydrogen) atoms. The minimum Gasteiger partial charge on any atom is -0.299 e. The lowest BCUT2D eigenvalue weighted by molar-refractivity contribution is -0.136. The molecule has 0 aliphatic carbocycles. The molecule has 1 saturated heterocycles. The molecular weight excluding hydrogens is 288 g/mol. The molecule has 2 aromatic rings. The van der Waals surface area contributed by atoms with E-state index in [1.165, 1.54) is 10.9 Å². The maximum Gasteiger partial charge on any atom is 0.232 e. The third-order valence-corrected chi connectivity index (χ3v) is 6.30. The second-order valence-electron chi connectivity index (χ2n) is 7.29. The Hall–Kier alpha value is -1.94. The van der Waals surface area contributed by atoms with E-state index in [4.69, 9.17) is 0 Å². The van der Waals surface area contributed by atoms with Gasteiger partial charge in [0.1, 0.15) is 5.78 Å². The SMILES string of the molecule is CC(=O)[C@]12CCCN3CCc4c(n(c5ccccc45)C(=O)C1)[C@@H]32. The summed E-state index contributed by atoms with van der Waals surface area (Å²) in [6.07, 6.45) is 3.18. The summed E-state index contributed by atoms with van der Waals surface area (Å²) < 4.78 is 1.92. The maximum atomic E-state index is 13.0. The van der Waals surface area contributed by atoms with Crippen LogP contribution in [0.4, 0.5) is 0 Å². The second-order valence-corrected chi connectivity index (χ2v) is 7.29. The minimum absolute atomic E-state index is 0.0857. The number of fused-ring (bicyclic) bond motifs is 3. The number of aromatic nitrogens is 1. The smallest absolute Gasteiger partial charge is 0.232 e. The molecule has 3 aliphatic rings. The van der Waals surface area contributed by atoms with Crippen molar-refractivity contribution >= 4 is 22.6 Å². The van der Waals surface area contributed by atoms with Crippen molar-refractivity contribution in [3.05, 3.63) is 35.5 Å². The monoisotopic (exact) mass is 308 g/mol. The molecule has 5 rings (SSSR count). The number of carbonyl (C=O) groups excluding carboxylic acids is 2. The minimum atomic E-state index is -0.505. The van der Waals surface area contributed by atoms with Crippen molar-refractivity contribution in [3.63, 3.8) is 0 Å². The fourth-order valence-corrected chi connectivity index (χ4v) is 5.32. The highest BCUT2D eigenvalue weighted by atomic mass is 16.2. The zero-order valence-electron chi connectivity index (χ0n) is 13.3. The molecule has 0 N–H and O–H groups in total. The lowest BCUT2D eigenvalue weighted by Crippen LogP contribution is -2.56. The van der Waals surface area contributed by atoms with E-state index < -0.39 is 5.41 Å². The second kappa shape index (κ2) is 4.32. The molecule has 0 spiro atoms. The highest BCUT2D eigenvalue weighted by molar-refractivity contribution is 6.01. The van der Waals surface area contributed by atoms with Crippen LogP contribution < -0.4 is 0 Å². The quantitative estimate of drug-likeness (QED) is 0.813. The van der Waals surface area contributed by atoms with E-state index in [0.717, 1.165) is 43.6 Å². The topological polar surface area (TPSA) is 42.3 Å². The standard InChI is InChI=1S/C19H20N2O2/c1-12(22)19-8-4-9-20-10-7-14-13-5-2-3-6-15(13)21(16(23)11-19)17(14)18(19)20/h2-3,5-6,18H,4,7-11H2,1H3/t18-,19+/m1/s1. The molecular formula is C19H20N2O2. The number of para-hydroxylation sites is 1. The Bertz CT molecular complexity index is 866. The van der Waals surface area contributed by atoms with Gasteiger partial charge in [0.25, 0.3) is 0 Å². The van der Waals surface area contributed by atoms with Crippen LogP contribution in [-0.4, -0.2) is 34.2 Å². The number of hydrogen-bond donors (Lipinski definition) is 0. The summed E-state index contributed by atoms with van der Waals surface area (Å²) in [7, 11) is 0. The third kappa shape index (κ3) is 1.50. The van der Waals surface area contributed by atoms with E-state index in [1.54, 1.807) is 6.92 Å². The van der Waals surface area contributed by atoms with Crippen molar-refractivity contribution in [2.75, 3.05) is 13.1 Å². The summed E-state index contributed by atoms with van der Waals surface area (Å²) in [4.78, 5) is 28.1. The Balaban J connectivity index is 1.89. The van der Waals surface area contributed by atoms with Crippen LogP contribution in [0.1, 0.15) is 48.3 Å². The van der Waals surface area contributed by atoms with E-state index in [-0.39, 0.29) is 17.7 Å². The van der Waals surface area contributed by atoms with Crippen molar-refractivity contribution in [1.29, 1.82) is 0 Å². The fourth-order valence-electron chi connectivity index (χ4n) is 5.32. The van der Waals surface area contributed by atoms with Gasteiger partial charge >= 0.3 is 0 Å². The van der Waals surface area contributed by atoms with Gasteiger partial charge in [-0.15, -0.1) is 0 Å². The van der Waals surface area contributed by atoms with E-state index in [0.29, 0.717) is 6.42 Å². The summed E-state index contributed by atoms with van der Waals surface area (Å²) in [6.45, 7) is 3.72. The van der Waals surface area contributed by atoms with Crippen LogP contribution in [0.5, 0.6) is 0 Å². The lowest BCUT2D eigenvalue weighted by atomic mass is 9.64. The maximum absolute atomic E-state index is 13.0. The van der Waals surface area contributed by atoms with Crippen LogP contribution in [0.3, 0.4) is 0 Å². The summed E-state index contributed by atoms with van der Waals surface area (Å²) in [5.41, 5.74) is 2.92. The molecule has 0 bridgehead atoms. The van der Waals surface area contributed by atoms with Gasteiger partial charge in [0.2, 0.25) is 5.91 Å². The fraction of sp³-hybridized carbons (Fsp3) is 0.474. The van der Waals surface area contributed by atoms with Crippen LogP contribution in [0.2, 0.25) is 0 Å². The summed E-state index contributed by atoms with van der Waals surface area (Å²) in [5.74, 6) is 0.280. The first-order valence-corrected chi connectivity index (χ1v) is 8.54. The molecule has 118 valence electrons. The number of benzene rings is 1. The van der Waals surface area contributed by atoms with Crippen molar-refractivity contribution in [1.82, 2.24) is 9.47 Å². The summed E-state index contributed by atoms with van der Waals surface area (Å²) in [6, 6.07) is 8.29. The van der Waals surface area contributed by atoms with Gasteiger partial charge < -0.3 is 0 Å². The molecule has 4 nitrogen and oxygen atoms in total. The molecule has 1 aromatic carbocycles. The van der Waals surface area contributed by atoms with Crippen LogP contribution >= 0.6 is 0 Å². The van der Waals surface area contributed by atoms with Crippen molar-refractivity contribution < 1.29 is 9.59 Å². The van der Waals surface area contributed by atoms with Crippen LogP contribution in [0, 0.1) is 5.41 Å². The third-order valence-electron chi connectivity index (χ3n) is 6.30. The molecule has 0 unspecified atom stereocenters. The molecule has 4 heterocycles. The zero-order chi connectivity index (χ0) is 15.8. The molecule has 4 heteroatoms. The largest absolute Gasteiger partial charge is 0.299 e. The van der Waals surface area contributed by atoms with Gasteiger partial charge in [-0.25, -0.2) is 0 Å². The predicted octanol–water partition coefficient (Wildman–Crippen LogP) is 2.95. The Morgan fingerprint density at radius 3 is 2.91 bits per heavy atom. The van der Waals surface area contributed by atoms with Gasteiger partial charge in [-0.1, -0.05) is 18.2 Å². The Morgan fingerprint density at radius 1 is 1.26 bits per heavy atom. The molecule has 2 atom stereocenters. The molecule has 0 saturated carbocycles. The molecule has 3 aliphatic heterocycles. The number of ketones is 1. The Morgan fingerprint density at radius 2 is 2.09 bits per heavy atom. The number of Topliss-reactive ketones (excluding diaryl/α,β-unsaturated/α-hetero) is 1. The molecule has 1 aromatic heterocycles. The van der Waals surface area contributed by atoms with Crippen LogP contribution in [0.25, 0.3) is 10.9 Å². The van der Waals surface area contributed by atoms with Crippen molar-refractivity contribution in [2.24, 2.45) is 5.41 Å². The number of carbonyl (C=O) groups is 2. The number of hydrogen-bond acceptors (Lipinski definition) is 3.